The molecule has 3 aromatic rings. The van der Waals surface area contributed by atoms with E-state index in [0.717, 1.165) is 11.3 Å². The van der Waals surface area contributed by atoms with E-state index >= 15 is 0 Å². The summed E-state index contributed by atoms with van der Waals surface area (Å²) in [6.07, 6.45) is 0.687. The first-order valence-electron chi connectivity index (χ1n) is 10.8. The Morgan fingerprint density at radius 3 is 2.58 bits per heavy atom. The number of amides is 2. The SMILES string of the molecule is COc1ccc(N2C(=O)CCC(C(=O)NCc3cc(C)no3)C2c2ccccc2OC)cc1. The van der Waals surface area contributed by atoms with Crippen LogP contribution in [-0.2, 0) is 16.1 Å². The number of hydrogen-bond acceptors (Lipinski definition) is 6. The second-order valence-corrected chi connectivity index (χ2v) is 7.95. The summed E-state index contributed by atoms with van der Waals surface area (Å²) in [4.78, 5) is 28.3. The van der Waals surface area contributed by atoms with Crippen molar-refractivity contribution in [3.63, 3.8) is 0 Å². The minimum atomic E-state index is -0.535. The second-order valence-electron chi connectivity index (χ2n) is 7.95. The van der Waals surface area contributed by atoms with E-state index in [1.54, 1.807) is 37.3 Å². The normalized spacial score (nSPS) is 18.2. The second kappa shape index (κ2) is 9.77. The van der Waals surface area contributed by atoms with Crippen LogP contribution in [0.4, 0.5) is 5.69 Å². The van der Waals surface area contributed by atoms with E-state index in [-0.39, 0.29) is 24.8 Å². The van der Waals surface area contributed by atoms with Crippen molar-refractivity contribution in [2.24, 2.45) is 5.92 Å². The van der Waals surface area contributed by atoms with Gasteiger partial charge in [-0.1, -0.05) is 23.4 Å². The number of ether oxygens (including phenoxy) is 2. The number of benzene rings is 2. The molecular formula is C25H27N3O5. The van der Waals surface area contributed by atoms with Crippen LogP contribution < -0.4 is 19.7 Å². The van der Waals surface area contributed by atoms with E-state index < -0.39 is 12.0 Å². The van der Waals surface area contributed by atoms with Crippen LogP contribution >= 0.6 is 0 Å². The average molecular weight is 450 g/mol. The number of nitrogens with zero attached hydrogens (tertiary/aromatic N) is 2. The zero-order valence-corrected chi connectivity index (χ0v) is 18.9. The maximum atomic E-state index is 13.4. The molecule has 1 fully saturated rings. The molecule has 172 valence electrons. The van der Waals surface area contributed by atoms with Gasteiger partial charge >= 0.3 is 0 Å². The molecule has 2 atom stereocenters. The fourth-order valence-electron chi connectivity index (χ4n) is 4.29. The summed E-state index contributed by atoms with van der Waals surface area (Å²) in [6, 6.07) is 16.0. The number of hydrogen-bond donors (Lipinski definition) is 1. The molecule has 1 aliphatic rings. The predicted octanol–water partition coefficient (Wildman–Crippen LogP) is 3.80. The van der Waals surface area contributed by atoms with Crippen LogP contribution in [0.5, 0.6) is 11.5 Å². The maximum Gasteiger partial charge on any atom is 0.227 e. The number of carbonyl (C=O) groups is 2. The van der Waals surface area contributed by atoms with E-state index in [2.05, 4.69) is 10.5 Å². The van der Waals surface area contributed by atoms with Crippen molar-refractivity contribution in [3.05, 3.63) is 71.6 Å². The number of carbonyl (C=O) groups excluding carboxylic acids is 2. The number of nitrogens with one attached hydrogen (secondary N) is 1. The van der Waals surface area contributed by atoms with Crippen LogP contribution in [0.1, 0.15) is 35.9 Å². The third kappa shape index (κ3) is 4.69. The molecule has 2 amide bonds. The highest BCUT2D eigenvalue weighted by Crippen LogP contribution is 2.43. The molecule has 1 N–H and O–H groups in total. The predicted molar refractivity (Wildman–Crippen MR) is 122 cm³/mol. The molecule has 0 radical (unpaired) electrons. The van der Waals surface area contributed by atoms with Crippen molar-refractivity contribution in [3.8, 4) is 11.5 Å². The standard InChI is InChI=1S/C25H27N3O5/c1-16-14-19(33-27-16)15-26-25(30)21-12-13-23(29)28(17-8-10-18(31-2)11-9-17)24(21)20-6-4-5-7-22(20)32-3/h4-11,14,21,24H,12-13,15H2,1-3H3,(H,26,30). The van der Waals surface area contributed by atoms with Crippen LogP contribution in [0, 0.1) is 12.8 Å². The summed E-state index contributed by atoms with van der Waals surface area (Å²) < 4.78 is 16.1. The Hall–Kier alpha value is -3.81. The minimum Gasteiger partial charge on any atom is -0.497 e. The summed E-state index contributed by atoms with van der Waals surface area (Å²) in [6.45, 7) is 2.05. The molecule has 4 rings (SSSR count). The first-order chi connectivity index (χ1) is 16.0. The van der Waals surface area contributed by atoms with Crippen LogP contribution in [0.3, 0.4) is 0 Å². The maximum absolute atomic E-state index is 13.4. The Labute approximate surface area is 192 Å². The van der Waals surface area contributed by atoms with Crippen molar-refractivity contribution in [1.29, 1.82) is 0 Å². The Morgan fingerprint density at radius 1 is 1.15 bits per heavy atom. The lowest BCUT2D eigenvalue weighted by molar-refractivity contribution is -0.129. The zero-order valence-electron chi connectivity index (χ0n) is 18.9. The topological polar surface area (TPSA) is 93.9 Å². The molecule has 8 nitrogen and oxygen atoms in total. The molecule has 2 unspecified atom stereocenters. The van der Waals surface area contributed by atoms with Gasteiger partial charge in [-0.05, 0) is 43.7 Å². The zero-order chi connectivity index (χ0) is 23.4. The highest BCUT2D eigenvalue weighted by molar-refractivity contribution is 5.97. The minimum absolute atomic E-state index is 0.0500. The molecule has 8 heteroatoms. The molecule has 0 bridgehead atoms. The number of piperidine rings is 1. The van der Waals surface area contributed by atoms with Gasteiger partial charge in [0, 0.05) is 23.7 Å². The largest absolute Gasteiger partial charge is 0.497 e. The third-order valence-electron chi connectivity index (χ3n) is 5.86. The van der Waals surface area contributed by atoms with Gasteiger partial charge in [-0.3, -0.25) is 9.59 Å². The lowest BCUT2D eigenvalue weighted by Crippen LogP contribution is -2.48. The lowest BCUT2D eigenvalue weighted by atomic mass is 9.82. The summed E-state index contributed by atoms with van der Waals surface area (Å²) >= 11 is 0. The van der Waals surface area contributed by atoms with Crippen molar-refractivity contribution in [1.82, 2.24) is 10.5 Å². The quantitative estimate of drug-likeness (QED) is 0.590. The summed E-state index contributed by atoms with van der Waals surface area (Å²) in [5, 5.41) is 6.81. The third-order valence-corrected chi connectivity index (χ3v) is 5.86. The van der Waals surface area contributed by atoms with Crippen molar-refractivity contribution < 1.29 is 23.6 Å². The van der Waals surface area contributed by atoms with Crippen LogP contribution in [0.15, 0.2) is 59.1 Å². The molecule has 1 aromatic heterocycles. The summed E-state index contributed by atoms with van der Waals surface area (Å²) in [5.74, 6) is 1.20. The monoisotopic (exact) mass is 449 g/mol. The van der Waals surface area contributed by atoms with Gasteiger partial charge < -0.3 is 24.2 Å². The van der Waals surface area contributed by atoms with Crippen LogP contribution in [0.2, 0.25) is 0 Å². The van der Waals surface area contributed by atoms with Crippen LogP contribution in [-0.4, -0.2) is 31.2 Å². The number of aryl methyl sites for hydroxylation is 1. The van der Waals surface area contributed by atoms with Gasteiger partial charge in [0.15, 0.2) is 5.76 Å². The number of methoxy groups -OCH3 is 2. The summed E-state index contributed by atoms with van der Waals surface area (Å²) in [5.41, 5.74) is 2.22. The van der Waals surface area contributed by atoms with E-state index in [1.165, 1.54) is 0 Å². The molecule has 1 saturated heterocycles. The van der Waals surface area contributed by atoms with Gasteiger partial charge in [-0.2, -0.15) is 0 Å². The van der Waals surface area contributed by atoms with E-state index in [4.69, 9.17) is 14.0 Å². The smallest absolute Gasteiger partial charge is 0.227 e. The molecule has 1 aliphatic heterocycles. The van der Waals surface area contributed by atoms with Gasteiger partial charge in [-0.15, -0.1) is 0 Å². The van der Waals surface area contributed by atoms with Gasteiger partial charge in [-0.25, -0.2) is 0 Å². The molecule has 33 heavy (non-hydrogen) atoms. The Kier molecular flexibility index (Phi) is 6.63. The fourth-order valence-corrected chi connectivity index (χ4v) is 4.29. The van der Waals surface area contributed by atoms with E-state index in [9.17, 15) is 9.59 Å². The van der Waals surface area contributed by atoms with Crippen molar-refractivity contribution >= 4 is 17.5 Å². The number of aromatic nitrogens is 1. The van der Waals surface area contributed by atoms with Gasteiger partial charge in [0.1, 0.15) is 11.5 Å². The Morgan fingerprint density at radius 2 is 1.91 bits per heavy atom. The number of rotatable bonds is 7. The lowest BCUT2D eigenvalue weighted by Gasteiger charge is -2.41. The highest BCUT2D eigenvalue weighted by Gasteiger charge is 2.42. The number of para-hydroxylation sites is 1. The highest BCUT2D eigenvalue weighted by atomic mass is 16.5. The fraction of sp³-hybridized carbons (Fsp3) is 0.320. The van der Waals surface area contributed by atoms with Gasteiger partial charge in [0.05, 0.1) is 38.4 Å². The molecular weight excluding hydrogens is 422 g/mol. The van der Waals surface area contributed by atoms with Gasteiger partial charge in [0.2, 0.25) is 11.8 Å². The van der Waals surface area contributed by atoms with E-state index in [1.807, 2.05) is 43.3 Å². The Bertz CT molecular complexity index is 1130. The molecule has 0 aliphatic carbocycles. The molecule has 0 spiro atoms. The molecule has 2 aromatic carbocycles. The van der Waals surface area contributed by atoms with E-state index in [0.29, 0.717) is 29.4 Å². The molecule has 0 saturated carbocycles. The molecule has 2 heterocycles. The first-order valence-corrected chi connectivity index (χ1v) is 10.8. The first kappa shape index (κ1) is 22.4. The van der Waals surface area contributed by atoms with Gasteiger partial charge in [0.25, 0.3) is 0 Å². The average Bonchev–Trinajstić information content (AvgIpc) is 3.27. The van der Waals surface area contributed by atoms with Crippen molar-refractivity contribution in [2.45, 2.75) is 32.4 Å². The Balaban J connectivity index is 1.71. The summed E-state index contributed by atoms with van der Waals surface area (Å²) in [7, 11) is 3.18. The number of anilines is 1. The van der Waals surface area contributed by atoms with Crippen LogP contribution in [0.25, 0.3) is 0 Å². The van der Waals surface area contributed by atoms with Crippen molar-refractivity contribution in [2.75, 3.05) is 19.1 Å².